The summed E-state index contributed by atoms with van der Waals surface area (Å²) in [5.41, 5.74) is -0.791. The molecule has 2 fully saturated rings. The Bertz CT molecular complexity index is 614. The second-order valence-corrected chi connectivity index (χ2v) is 11.0. The van der Waals surface area contributed by atoms with E-state index < -0.39 is 37.6 Å². The van der Waals surface area contributed by atoms with Crippen molar-refractivity contribution in [2.24, 2.45) is 0 Å². The number of phosphoric ester groups is 1. The molecule has 0 aromatic carbocycles. The van der Waals surface area contributed by atoms with Crippen molar-refractivity contribution in [3.05, 3.63) is 0 Å². The minimum absolute atomic E-state index is 0.252. The van der Waals surface area contributed by atoms with Crippen molar-refractivity contribution >= 4 is 19.9 Å². The Morgan fingerprint density at radius 3 is 1.77 bits per heavy atom. The summed E-state index contributed by atoms with van der Waals surface area (Å²) in [6, 6.07) is -1.48. The molecule has 0 saturated heterocycles. The number of carboxylic acid groups (broad SMARTS) is 1. The Hall–Kier alpha value is -1.15. The standard InChI is InChI=1S/C21H38NO8P/c1-15(18(19(23)24)22-20(25)27-21(2,3)4)28-31(26,29-16-11-7-5-8-12-16)30-17-13-9-6-10-14-17/h15-18H,5-14H2,1-4H3,(H,22,25)(H,23,24). The number of aliphatic carboxylic acids is 1. The second kappa shape index (κ2) is 11.6. The summed E-state index contributed by atoms with van der Waals surface area (Å²) < 4.78 is 36.1. The smallest absolute Gasteiger partial charge is 0.475 e. The van der Waals surface area contributed by atoms with Crippen LogP contribution in [0.3, 0.4) is 0 Å². The molecule has 2 atom stereocenters. The van der Waals surface area contributed by atoms with Gasteiger partial charge in [-0.3, -0.25) is 13.6 Å². The maximum atomic E-state index is 13.6. The second-order valence-electron chi connectivity index (χ2n) is 9.45. The molecule has 10 heteroatoms. The average molecular weight is 464 g/mol. The van der Waals surface area contributed by atoms with Crippen molar-refractivity contribution in [2.45, 2.75) is 122 Å². The molecule has 9 nitrogen and oxygen atoms in total. The van der Waals surface area contributed by atoms with E-state index in [-0.39, 0.29) is 12.2 Å². The number of amides is 1. The van der Waals surface area contributed by atoms with Gasteiger partial charge in [0.15, 0.2) is 6.04 Å². The van der Waals surface area contributed by atoms with Crippen molar-refractivity contribution in [1.82, 2.24) is 5.32 Å². The number of carbonyl (C=O) groups is 2. The molecule has 2 saturated carbocycles. The maximum absolute atomic E-state index is 13.6. The minimum atomic E-state index is -4.05. The lowest BCUT2D eigenvalue weighted by Gasteiger charge is -2.33. The molecule has 2 N–H and O–H groups in total. The Kier molecular flexibility index (Phi) is 9.80. The van der Waals surface area contributed by atoms with Gasteiger partial charge in [-0.15, -0.1) is 0 Å². The van der Waals surface area contributed by atoms with E-state index in [1.807, 2.05) is 0 Å². The molecule has 0 bridgehead atoms. The summed E-state index contributed by atoms with van der Waals surface area (Å²) in [6.45, 7) is 6.45. The fraction of sp³-hybridized carbons (Fsp3) is 0.905. The van der Waals surface area contributed by atoms with E-state index in [1.165, 1.54) is 6.92 Å². The Labute approximate surface area is 185 Å². The molecule has 2 aliphatic rings. The molecule has 0 aromatic rings. The van der Waals surface area contributed by atoms with Gasteiger partial charge in [-0.2, -0.15) is 0 Å². The highest BCUT2D eigenvalue weighted by Gasteiger charge is 2.40. The van der Waals surface area contributed by atoms with Gasteiger partial charge in [-0.25, -0.2) is 14.2 Å². The molecule has 0 heterocycles. The number of carbonyl (C=O) groups excluding carboxylic acids is 1. The average Bonchev–Trinajstić information content (AvgIpc) is 2.65. The van der Waals surface area contributed by atoms with E-state index in [9.17, 15) is 19.3 Å². The van der Waals surface area contributed by atoms with Gasteiger partial charge >= 0.3 is 19.9 Å². The van der Waals surface area contributed by atoms with Gasteiger partial charge in [0.05, 0.1) is 18.3 Å². The van der Waals surface area contributed by atoms with E-state index in [4.69, 9.17) is 18.3 Å². The lowest BCUT2D eigenvalue weighted by molar-refractivity contribution is -0.142. The fourth-order valence-corrected chi connectivity index (χ4v) is 5.69. The Morgan fingerprint density at radius 2 is 1.39 bits per heavy atom. The zero-order valence-electron chi connectivity index (χ0n) is 19.1. The first-order chi connectivity index (χ1) is 14.5. The van der Waals surface area contributed by atoms with E-state index in [1.54, 1.807) is 20.8 Å². The predicted molar refractivity (Wildman–Crippen MR) is 115 cm³/mol. The minimum Gasteiger partial charge on any atom is -0.480 e. The SMILES string of the molecule is CC(OP(=O)(OC1CCCCC1)OC1CCCCC1)C(NC(=O)OC(C)(C)C)C(=O)O. The quantitative estimate of drug-likeness (QED) is 0.449. The van der Waals surface area contributed by atoms with Crippen LogP contribution in [0.2, 0.25) is 0 Å². The van der Waals surface area contributed by atoms with Gasteiger partial charge in [-0.05, 0) is 53.4 Å². The van der Waals surface area contributed by atoms with Gasteiger partial charge in [-0.1, -0.05) is 38.5 Å². The first-order valence-corrected chi connectivity index (χ1v) is 12.8. The molecule has 2 aliphatic carbocycles. The molecule has 0 aromatic heterocycles. The van der Waals surface area contributed by atoms with E-state index >= 15 is 0 Å². The zero-order chi connectivity index (χ0) is 23.1. The van der Waals surface area contributed by atoms with Crippen LogP contribution < -0.4 is 5.32 Å². The molecule has 31 heavy (non-hydrogen) atoms. The normalized spacial score (nSPS) is 21.3. The third kappa shape index (κ3) is 9.48. The molecule has 0 aliphatic heterocycles. The van der Waals surface area contributed by atoms with E-state index in [2.05, 4.69) is 5.32 Å². The van der Waals surface area contributed by atoms with Crippen molar-refractivity contribution in [3.8, 4) is 0 Å². The van der Waals surface area contributed by atoms with E-state index in [0.29, 0.717) is 0 Å². The van der Waals surface area contributed by atoms with Gasteiger partial charge in [0, 0.05) is 0 Å². The van der Waals surface area contributed by atoms with Crippen LogP contribution in [0, 0.1) is 0 Å². The fourth-order valence-electron chi connectivity index (χ4n) is 3.86. The Balaban J connectivity index is 2.10. The lowest BCUT2D eigenvalue weighted by Crippen LogP contribution is -2.50. The number of rotatable bonds is 9. The van der Waals surface area contributed by atoms with Gasteiger partial charge in [0.25, 0.3) is 0 Å². The molecule has 1 amide bonds. The van der Waals surface area contributed by atoms with Crippen molar-refractivity contribution in [1.29, 1.82) is 0 Å². The summed E-state index contributed by atoms with van der Waals surface area (Å²) in [4.78, 5) is 23.9. The molecular weight excluding hydrogens is 425 g/mol. The summed E-state index contributed by atoms with van der Waals surface area (Å²) in [6.07, 6.45) is 6.57. The maximum Gasteiger partial charge on any atom is 0.475 e. The molecule has 0 spiro atoms. The van der Waals surface area contributed by atoms with Crippen LogP contribution in [0.15, 0.2) is 0 Å². The first-order valence-electron chi connectivity index (χ1n) is 11.3. The van der Waals surface area contributed by atoms with Crippen LogP contribution in [-0.2, 0) is 27.7 Å². The van der Waals surface area contributed by atoms with Crippen LogP contribution in [-0.4, -0.2) is 47.1 Å². The van der Waals surface area contributed by atoms with Gasteiger partial charge in [0.2, 0.25) is 0 Å². The molecule has 0 radical (unpaired) electrons. The highest BCUT2D eigenvalue weighted by Crippen LogP contribution is 2.55. The number of carboxylic acids is 1. The van der Waals surface area contributed by atoms with Crippen molar-refractivity contribution in [3.63, 3.8) is 0 Å². The van der Waals surface area contributed by atoms with E-state index in [0.717, 1.165) is 64.2 Å². The van der Waals surface area contributed by atoms with Crippen LogP contribution in [0.4, 0.5) is 4.79 Å². The van der Waals surface area contributed by atoms with Gasteiger partial charge < -0.3 is 15.2 Å². The van der Waals surface area contributed by atoms with Crippen LogP contribution in [0.25, 0.3) is 0 Å². The van der Waals surface area contributed by atoms with Crippen molar-refractivity contribution < 1.29 is 37.6 Å². The third-order valence-corrected chi connectivity index (χ3v) is 7.07. The Morgan fingerprint density at radius 1 is 0.935 bits per heavy atom. The topological polar surface area (TPSA) is 120 Å². The summed E-state index contributed by atoms with van der Waals surface area (Å²) in [5, 5.41) is 11.9. The van der Waals surface area contributed by atoms with Crippen LogP contribution >= 0.6 is 7.82 Å². The predicted octanol–water partition coefficient (Wildman–Crippen LogP) is 5.18. The highest BCUT2D eigenvalue weighted by molar-refractivity contribution is 7.48. The molecule has 2 unspecified atom stereocenters. The largest absolute Gasteiger partial charge is 0.480 e. The summed E-state index contributed by atoms with van der Waals surface area (Å²) in [5.74, 6) is -1.33. The van der Waals surface area contributed by atoms with Gasteiger partial charge in [0.1, 0.15) is 5.60 Å². The van der Waals surface area contributed by atoms with Crippen LogP contribution in [0.1, 0.15) is 91.9 Å². The number of nitrogens with one attached hydrogen (secondary N) is 1. The molecule has 180 valence electrons. The zero-order valence-corrected chi connectivity index (χ0v) is 20.0. The number of hydrogen-bond donors (Lipinski definition) is 2. The number of hydrogen-bond acceptors (Lipinski definition) is 7. The lowest BCUT2D eigenvalue weighted by atomic mass is 9.98. The number of ether oxygens (including phenoxy) is 1. The highest BCUT2D eigenvalue weighted by atomic mass is 31.2. The summed E-state index contributed by atoms with van der Waals surface area (Å²) in [7, 11) is -4.05. The first kappa shape index (κ1) is 26.1. The summed E-state index contributed by atoms with van der Waals surface area (Å²) >= 11 is 0. The molecule has 2 rings (SSSR count). The monoisotopic (exact) mass is 463 g/mol. The number of alkyl carbamates (subject to hydrolysis) is 1. The van der Waals surface area contributed by atoms with Crippen molar-refractivity contribution in [2.75, 3.05) is 0 Å². The van der Waals surface area contributed by atoms with Crippen LogP contribution in [0.5, 0.6) is 0 Å². The molecular formula is C21H38NO8P. The number of phosphoric acid groups is 1. The third-order valence-electron chi connectivity index (χ3n) is 5.36.